The van der Waals surface area contributed by atoms with Crippen LogP contribution in [0.3, 0.4) is 0 Å². The molecule has 1 N–H and O–H groups in total. The number of hydrogen-bond acceptors (Lipinski definition) is 2. The first-order chi connectivity index (χ1) is 6.35. The molecule has 3 heteroatoms. The fraction of sp³-hybridized carbons (Fsp3) is 0.400. The van der Waals surface area contributed by atoms with Gasteiger partial charge in [0.25, 0.3) is 0 Å². The summed E-state index contributed by atoms with van der Waals surface area (Å²) in [7, 11) is 1.63. The maximum Gasteiger partial charge on any atom is 0.120 e. The number of benzene rings is 1. The van der Waals surface area contributed by atoms with Crippen molar-refractivity contribution in [2.45, 2.75) is 5.92 Å². The number of rotatable bonds is 2. The standard InChI is InChI=1S/C10H12FNO/c1-13-8-2-3-9-7(5-11)6-12-10(9)4-8/h2-4,7,12H,5-6H2,1H3. The van der Waals surface area contributed by atoms with Crippen molar-refractivity contribution in [1.29, 1.82) is 0 Å². The Morgan fingerprint density at radius 1 is 1.62 bits per heavy atom. The van der Waals surface area contributed by atoms with Gasteiger partial charge in [0.15, 0.2) is 0 Å². The van der Waals surface area contributed by atoms with E-state index in [0.717, 1.165) is 17.0 Å². The molecule has 2 nitrogen and oxygen atoms in total. The zero-order valence-electron chi connectivity index (χ0n) is 7.51. The summed E-state index contributed by atoms with van der Waals surface area (Å²) in [6, 6.07) is 5.71. The predicted octanol–water partition coefficient (Wildman–Crippen LogP) is 2.17. The van der Waals surface area contributed by atoms with E-state index < -0.39 is 0 Å². The Hall–Kier alpha value is -1.25. The Bertz CT molecular complexity index is 314. The number of nitrogens with one attached hydrogen (secondary N) is 1. The molecule has 0 aliphatic carbocycles. The van der Waals surface area contributed by atoms with E-state index in [0.29, 0.717) is 6.54 Å². The molecule has 0 saturated heterocycles. The van der Waals surface area contributed by atoms with Crippen molar-refractivity contribution < 1.29 is 9.13 Å². The van der Waals surface area contributed by atoms with Gasteiger partial charge in [0.05, 0.1) is 13.8 Å². The van der Waals surface area contributed by atoms with Crippen molar-refractivity contribution in [2.24, 2.45) is 0 Å². The van der Waals surface area contributed by atoms with Crippen LogP contribution in [0.15, 0.2) is 18.2 Å². The minimum Gasteiger partial charge on any atom is -0.497 e. The van der Waals surface area contributed by atoms with E-state index in [1.54, 1.807) is 7.11 Å². The van der Waals surface area contributed by atoms with Gasteiger partial charge in [-0.05, 0) is 11.6 Å². The van der Waals surface area contributed by atoms with Crippen molar-refractivity contribution in [3.8, 4) is 5.75 Å². The third kappa shape index (κ3) is 1.34. The summed E-state index contributed by atoms with van der Waals surface area (Å²) in [6.45, 7) is 0.394. The van der Waals surface area contributed by atoms with Gasteiger partial charge in [-0.2, -0.15) is 0 Å². The second-order valence-corrected chi connectivity index (χ2v) is 3.19. The van der Waals surface area contributed by atoms with E-state index in [9.17, 15) is 4.39 Å². The molecule has 0 bridgehead atoms. The molecule has 0 amide bonds. The number of hydrogen-bond donors (Lipinski definition) is 1. The van der Waals surface area contributed by atoms with E-state index in [1.807, 2.05) is 18.2 Å². The van der Waals surface area contributed by atoms with Crippen molar-refractivity contribution >= 4 is 5.69 Å². The van der Waals surface area contributed by atoms with Crippen LogP contribution in [0.25, 0.3) is 0 Å². The first-order valence-corrected chi connectivity index (χ1v) is 4.33. The summed E-state index contributed by atoms with van der Waals surface area (Å²) in [4.78, 5) is 0. The summed E-state index contributed by atoms with van der Waals surface area (Å²) < 4.78 is 17.6. The lowest BCUT2D eigenvalue weighted by atomic mass is 10.0. The van der Waals surface area contributed by atoms with Gasteiger partial charge in [-0.25, -0.2) is 0 Å². The van der Waals surface area contributed by atoms with Crippen LogP contribution >= 0.6 is 0 Å². The Morgan fingerprint density at radius 2 is 2.46 bits per heavy atom. The molecule has 1 aromatic carbocycles. The first-order valence-electron chi connectivity index (χ1n) is 4.33. The summed E-state index contributed by atoms with van der Waals surface area (Å²) in [6.07, 6.45) is 0. The Labute approximate surface area is 76.7 Å². The summed E-state index contributed by atoms with van der Waals surface area (Å²) in [5, 5.41) is 3.16. The average molecular weight is 181 g/mol. The summed E-state index contributed by atoms with van der Waals surface area (Å²) >= 11 is 0. The van der Waals surface area contributed by atoms with Gasteiger partial charge >= 0.3 is 0 Å². The van der Waals surface area contributed by atoms with E-state index in [-0.39, 0.29) is 12.6 Å². The van der Waals surface area contributed by atoms with Gasteiger partial charge in [0.1, 0.15) is 5.75 Å². The molecule has 70 valence electrons. The highest BCUT2D eigenvalue weighted by molar-refractivity contribution is 5.60. The van der Waals surface area contributed by atoms with Gasteiger partial charge in [-0.3, -0.25) is 4.39 Å². The Balaban J connectivity index is 2.34. The smallest absolute Gasteiger partial charge is 0.120 e. The van der Waals surface area contributed by atoms with E-state index >= 15 is 0 Å². The topological polar surface area (TPSA) is 21.3 Å². The van der Waals surface area contributed by atoms with Crippen molar-refractivity contribution in [3.05, 3.63) is 23.8 Å². The summed E-state index contributed by atoms with van der Waals surface area (Å²) in [5.74, 6) is 0.826. The lowest BCUT2D eigenvalue weighted by molar-refractivity contribution is 0.414. The quantitative estimate of drug-likeness (QED) is 0.755. The Morgan fingerprint density at radius 3 is 3.15 bits per heavy atom. The zero-order chi connectivity index (χ0) is 9.26. The molecular weight excluding hydrogens is 169 g/mol. The molecule has 1 aliphatic heterocycles. The molecule has 0 saturated carbocycles. The number of ether oxygens (including phenoxy) is 1. The third-order valence-electron chi connectivity index (χ3n) is 2.43. The van der Waals surface area contributed by atoms with E-state index in [2.05, 4.69) is 5.32 Å². The van der Waals surface area contributed by atoms with Crippen LogP contribution in [0.2, 0.25) is 0 Å². The van der Waals surface area contributed by atoms with Crippen LogP contribution in [0, 0.1) is 0 Å². The van der Waals surface area contributed by atoms with Crippen molar-refractivity contribution in [3.63, 3.8) is 0 Å². The molecule has 13 heavy (non-hydrogen) atoms. The SMILES string of the molecule is COc1ccc2c(c1)NCC2CF. The van der Waals surface area contributed by atoms with Crippen molar-refractivity contribution in [1.82, 2.24) is 0 Å². The van der Waals surface area contributed by atoms with Crippen LogP contribution in [0.5, 0.6) is 5.75 Å². The maximum absolute atomic E-state index is 12.5. The molecule has 0 radical (unpaired) electrons. The number of anilines is 1. The predicted molar refractivity (Wildman–Crippen MR) is 50.2 cm³/mol. The molecular formula is C10H12FNO. The van der Waals surface area contributed by atoms with Crippen LogP contribution in [0.1, 0.15) is 11.5 Å². The van der Waals surface area contributed by atoms with Gasteiger partial charge in [-0.15, -0.1) is 0 Å². The second-order valence-electron chi connectivity index (χ2n) is 3.19. The molecule has 1 aromatic rings. The van der Waals surface area contributed by atoms with Gasteiger partial charge < -0.3 is 10.1 Å². The molecule has 1 heterocycles. The fourth-order valence-electron chi connectivity index (χ4n) is 1.65. The minimum absolute atomic E-state index is 0.0147. The molecule has 0 aromatic heterocycles. The highest BCUT2D eigenvalue weighted by Gasteiger charge is 2.21. The average Bonchev–Trinajstić information content (AvgIpc) is 2.59. The van der Waals surface area contributed by atoms with E-state index in [1.165, 1.54) is 0 Å². The van der Waals surface area contributed by atoms with Gasteiger partial charge in [-0.1, -0.05) is 6.07 Å². The minimum atomic E-state index is -0.299. The van der Waals surface area contributed by atoms with Crippen molar-refractivity contribution in [2.75, 3.05) is 25.6 Å². The Kier molecular flexibility index (Phi) is 2.08. The molecule has 1 aliphatic rings. The highest BCUT2D eigenvalue weighted by atomic mass is 19.1. The van der Waals surface area contributed by atoms with Crippen LogP contribution in [-0.2, 0) is 0 Å². The van der Waals surface area contributed by atoms with Crippen LogP contribution in [-0.4, -0.2) is 20.3 Å². The van der Waals surface area contributed by atoms with Gasteiger partial charge in [0.2, 0.25) is 0 Å². The first kappa shape index (κ1) is 8.35. The lowest BCUT2D eigenvalue weighted by Crippen LogP contribution is -2.02. The number of halogens is 1. The molecule has 0 fully saturated rings. The molecule has 1 atom stereocenters. The fourth-order valence-corrected chi connectivity index (χ4v) is 1.65. The largest absolute Gasteiger partial charge is 0.497 e. The van der Waals surface area contributed by atoms with Crippen LogP contribution < -0.4 is 10.1 Å². The van der Waals surface area contributed by atoms with E-state index in [4.69, 9.17) is 4.74 Å². The lowest BCUT2D eigenvalue weighted by Gasteiger charge is -2.05. The molecule has 1 unspecified atom stereocenters. The monoisotopic (exact) mass is 181 g/mol. The normalized spacial score (nSPS) is 19.4. The highest BCUT2D eigenvalue weighted by Crippen LogP contribution is 2.34. The third-order valence-corrected chi connectivity index (χ3v) is 2.43. The number of methoxy groups -OCH3 is 1. The summed E-state index contributed by atoms with van der Waals surface area (Å²) in [5.41, 5.74) is 2.06. The zero-order valence-corrected chi connectivity index (χ0v) is 7.51. The maximum atomic E-state index is 12.5. The number of alkyl halides is 1. The molecule has 2 rings (SSSR count). The number of fused-ring (bicyclic) bond motifs is 1. The van der Waals surface area contributed by atoms with Gasteiger partial charge in [0, 0.05) is 24.2 Å². The second kappa shape index (κ2) is 3.24. The van der Waals surface area contributed by atoms with Crippen LogP contribution in [0.4, 0.5) is 10.1 Å². The molecule has 0 spiro atoms.